The predicted molar refractivity (Wildman–Crippen MR) is 102 cm³/mol. The van der Waals surface area contributed by atoms with Crippen LogP contribution in [0.4, 0.5) is 15.8 Å². The van der Waals surface area contributed by atoms with E-state index in [-0.39, 0.29) is 17.6 Å². The van der Waals surface area contributed by atoms with Crippen molar-refractivity contribution in [1.82, 2.24) is 4.90 Å². The number of nitrogens with zero attached hydrogens (tertiary/aromatic N) is 2. The molecule has 0 atom stereocenters. The largest absolute Gasteiger partial charge is 0.368 e. The van der Waals surface area contributed by atoms with Gasteiger partial charge < -0.3 is 15.1 Å². The van der Waals surface area contributed by atoms with Crippen molar-refractivity contribution in [3.05, 3.63) is 60.4 Å². The summed E-state index contributed by atoms with van der Waals surface area (Å²) in [5, 5.41) is 2.87. The van der Waals surface area contributed by atoms with Gasteiger partial charge in [-0.25, -0.2) is 4.39 Å². The number of carbonyl (C=O) groups is 2. The molecule has 1 aliphatic heterocycles. The second-order valence-electron chi connectivity index (χ2n) is 7.16. The zero-order chi connectivity index (χ0) is 18.9. The summed E-state index contributed by atoms with van der Waals surface area (Å²) >= 11 is 0. The van der Waals surface area contributed by atoms with Crippen LogP contribution in [0.5, 0.6) is 0 Å². The number of hydrogen-bond donors (Lipinski definition) is 1. The summed E-state index contributed by atoms with van der Waals surface area (Å²) in [7, 11) is 0. The molecule has 0 radical (unpaired) electrons. The Balaban J connectivity index is 1.37. The Kier molecular flexibility index (Phi) is 4.56. The van der Waals surface area contributed by atoms with Crippen LogP contribution in [0.15, 0.2) is 54.6 Å². The van der Waals surface area contributed by atoms with Gasteiger partial charge in [0.1, 0.15) is 11.2 Å². The van der Waals surface area contributed by atoms with Gasteiger partial charge in [0.05, 0.1) is 0 Å². The Bertz CT molecular complexity index is 826. The molecule has 1 aliphatic carbocycles. The van der Waals surface area contributed by atoms with E-state index < -0.39 is 5.41 Å². The second-order valence-corrected chi connectivity index (χ2v) is 7.16. The highest BCUT2D eigenvalue weighted by atomic mass is 19.1. The van der Waals surface area contributed by atoms with Crippen molar-refractivity contribution in [3.63, 3.8) is 0 Å². The van der Waals surface area contributed by atoms with E-state index in [9.17, 15) is 14.0 Å². The van der Waals surface area contributed by atoms with Crippen LogP contribution in [0.2, 0.25) is 0 Å². The summed E-state index contributed by atoms with van der Waals surface area (Å²) in [6, 6.07) is 15.6. The summed E-state index contributed by atoms with van der Waals surface area (Å²) in [5.74, 6) is -0.540. The van der Waals surface area contributed by atoms with Crippen LogP contribution in [0.3, 0.4) is 0 Å². The lowest BCUT2D eigenvalue weighted by Gasteiger charge is -2.37. The number of piperazine rings is 1. The third-order valence-corrected chi connectivity index (χ3v) is 5.38. The first kappa shape index (κ1) is 17.5. The molecule has 0 spiro atoms. The number of halogens is 1. The number of nitrogens with one attached hydrogen (secondary N) is 1. The lowest BCUT2D eigenvalue weighted by Crippen LogP contribution is -2.52. The zero-order valence-corrected chi connectivity index (χ0v) is 15.0. The Hall–Kier alpha value is -2.89. The molecule has 2 aromatic rings. The zero-order valence-electron chi connectivity index (χ0n) is 15.0. The monoisotopic (exact) mass is 367 g/mol. The molecule has 2 fully saturated rings. The number of hydrogen-bond acceptors (Lipinski definition) is 3. The molecule has 27 heavy (non-hydrogen) atoms. The standard InChI is InChI=1S/C21H22FN3O2/c22-16-6-8-18(9-7-16)24-12-14-25(15-13-24)20(27)21(10-11-21)19(26)23-17-4-2-1-3-5-17/h1-9H,10-15H2,(H,23,26). The normalized spacial score (nSPS) is 18.1. The van der Waals surface area contributed by atoms with Crippen LogP contribution in [0.25, 0.3) is 0 Å². The minimum Gasteiger partial charge on any atom is -0.368 e. The van der Waals surface area contributed by atoms with E-state index in [0.29, 0.717) is 44.7 Å². The van der Waals surface area contributed by atoms with Crippen molar-refractivity contribution in [3.8, 4) is 0 Å². The van der Waals surface area contributed by atoms with E-state index in [1.165, 1.54) is 12.1 Å². The van der Waals surface area contributed by atoms with Crippen LogP contribution in [-0.2, 0) is 9.59 Å². The van der Waals surface area contributed by atoms with E-state index in [1.54, 1.807) is 17.0 Å². The molecule has 4 rings (SSSR count). The fraction of sp³-hybridized carbons (Fsp3) is 0.333. The molecule has 5 nitrogen and oxygen atoms in total. The number of anilines is 2. The van der Waals surface area contributed by atoms with Gasteiger partial charge in [-0.1, -0.05) is 18.2 Å². The van der Waals surface area contributed by atoms with Gasteiger partial charge in [0.15, 0.2) is 0 Å². The van der Waals surface area contributed by atoms with Crippen molar-refractivity contribution < 1.29 is 14.0 Å². The summed E-state index contributed by atoms with van der Waals surface area (Å²) in [6.45, 7) is 2.48. The maximum atomic E-state index is 13.1. The van der Waals surface area contributed by atoms with Crippen molar-refractivity contribution in [2.75, 3.05) is 36.4 Å². The molecule has 6 heteroatoms. The lowest BCUT2D eigenvalue weighted by atomic mass is 10.0. The molecule has 2 aromatic carbocycles. The SMILES string of the molecule is O=C(Nc1ccccc1)C1(C(=O)N2CCN(c3ccc(F)cc3)CC2)CC1. The number of amides is 2. The molecule has 2 amide bonds. The number of carbonyl (C=O) groups excluding carboxylic acids is 2. The predicted octanol–water partition coefficient (Wildman–Crippen LogP) is 2.89. The van der Waals surface area contributed by atoms with Gasteiger partial charge in [0.25, 0.3) is 0 Å². The molecular formula is C21H22FN3O2. The third-order valence-electron chi connectivity index (χ3n) is 5.38. The summed E-state index contributed by atoms with van der Waals surface area (Å²) in [6.07, 6.45) is 1.20. The highest BCUT2D eigenvalue weighted by Gasteiger charge is 2.58. The van der Waals surface area contributed by atoms with Gasteiger partial charge in [0, 0.05) is 37.6 Å². The van der Waals surface area contributed by atoms with Gasteiger partial charge in [-0.2, -0.15) is 0 Å². The smallest absolute Gasteiger partial charge is 0.240 e. The molecule has 0 bridgehead atoms. The summed E-state index contributed by atoms with van der Waals surface area (Å²) < 4.78 is 13.1. The maximum absolute atomic E-state index is 13.1. The van der Waals surface area contributed by atoms with Crippen LogP contribution < -0.4 is 10.2 Å². The Labute approximate surface area is 157 Å². The molecule has 0 unspecified atom stereocenters. The first-order valence-electron chi connectivity index (χ1n) is 9.25. The summed E-state index contributed by atoms with van der Waals surface area (Å²) in [4.78, 5) is 29.6. The van der Waals surface area contributed by atoms with Crippen molar-refractivity contribution in [2.24, 2.45) is 5.41 Å². The number of benzene rings is 2. The first-order valence-corrected chi connectivity index (χ1v) is 9.25. The van der Waals surface area contributed by atoms with E-state index in [1.807, 2.05) is 30.3 Å². The fourth-order valence-electron chi connectivity index (χ4n) is 3.56. The highest BCUT2D eigenvalue weighted by Crippen LogP contribution is 2.48. The third kappa shape index (κ3) is 3.52. The lowest BCUT2D eigenvalue weighted by molar-refractivity contribution is -0.142. The minimum absolute atomic E-state index is 0.0744. The Morgan fingerprint density at radius 2 is 1.52 bits per heavy atom. The van der Waals surface area contributed by atoms with Gasteiger partial charge in [-0.3, -0.25) is 9.59 Å². The Morgan fingerprint density at radius 1 is 0.889 bits per heavy atom. The highest BCUT2D eigenvalue weighted by molar-refractivity contribution is 6.13. The van der Waals surface area contributed by atoms with Crippen molar-refractivity contribution in [1.29, 1.82) is 0 Å². The minimum atomic E-state index is -0.909. The molecule has 1 saturated carbocycles. The van der Waals surface area contributed by atoms with E-state index in [4.69, 9.17) is 0 Å². The fourth-order valence-corrected chi connectivity index (χ4v) is 3.56. The molecule has 1 N–H and O–H groups in total. The van der Waals surface area contributed by atoms with Crippen LogP contribution in [0, 0.1) is 11.2 Å². The van der Waals surface area contributed by atoms with Crippen LogP contribution in [0.1, 0.15) is 12.8 Å². The van der Waals surface area contributed by atoms with E-state index in [2.05, 4.69) is 10.2 Å². The van der Waals surface area contributed by atoms with Crippen LogP contribution in [-0.4, -0.2) is 42.9 Å². The topological polar surface area (TPSA) is 52.7 Å². The van der Waals surface area contributed by atoms with Gasteiger partial charge >= 0.3 is 0 Å². The molecule has 2 aliphatic rings. The van der Waals surface area contributed by atoms with E-state index in [0.717, 1.165) is 5.69 Å². The second kappa shape index (κ2) is 7.02. The average Bonchev–Trinajstić information content (AvgIpc) is 3.51. The van der Waals surface area contributed by atoms with E-state index >= 15 is 0 Å². The molecule has 0 aromatic heterocycles. The number of rotatable bonds is 4. The molecule has 1 heterocycles. The van der Waals surface area contributed by atoms with Crippen LogP contribution >= 0.6 is 0 Å². The molecular weight excluding hydrogens is 345 g/mol. The molecule has 140 valence electrons. The first-order chi connectivity index (χ1) is 13.1. The van der Waals surface area contributed by atoms with Gasteiger partial charge in [-0.15, -0.1) is 0 Å². The molecule has 1 saturated heterocycles. The van der Waals surface area contributed by atoms with Gasteiger partial charge in [0.2, 0.25) is 11.8 Å². The van der Waals surface area contributed by atoms with Gasteiger partial charge in [-0.05, 0) is 49.2 Å². The van der Waals surface area contributed by atoms with Crippen molar-refractivity contribution >= 4 is 23.2 Å². The average molecular weight is 367 g/mol. The Morgan fingerprint density at radius 3 is 2.11 bits per heavy atom. The maximum Gasteiger partial charge on any atom is 0.240 e. The summed E-state index contributed by atoms with van der Waals surface area (Å²) in [5.41, 5.74) is 0.752. The quantitative estimate of drug-likeness (QED) is 0.846. The number of para-hydroxylation sites is 1. The van der Waals surface area contributed by atoms with Crippen molar-refractivity contribution in [2.45, 2.75) is 12.8 Å².